The second-order valence-electron chi connectivity index (χ2n) is 3.60. The van der Waals surface area contributed by atoms with E-state index >= 15 is 0 Å². The van der Waals surface area contributed by atoms with Crippen molar-refractivity contribution < 1.29 is 14.3 Å². The Balaban J connectivity index is 2.00. The number of ether oxygens (including phenoxy) is 2. The average molecular weight is 222 g/mol. The Hall–Kier alpha value is -1.59. The van der Waals surface area contributed by atoms with Crippen LogP contribution in [0.3, 0.4) is 0 Å². The molecule has 1 aliphatic heterocycles. The summed E-state index contributed by atoms with van der Waals surface area (Å²) in [6.07, 6.45) is 0. The molecule has 0 bridgehead atoms. The van der Waals surface area contributed by atoms with Crippen LogP contribution >= 0.6 is 0 Å². The summed E-state index contributed by atoms with van der Waals surface area (Å²) in [7, 11) is 1.56. The third-order valence-electron chi connectivity index (χ3n) is 2.45. The summed E-state index contributed by atoms with van der Waals surface area (Å²) in [6, 6.07) is 6.91. The molecule has 1 aliphatic rings. The van der Waals surface area contributed by atoms with Gasteiger partial charge in [0.25, 0.3) is 0 Å². The first-order chi connectivity index (χ1) is 7.72. The lowest BCUT2D eigenvalue weighted by Gasteiger charge is -2.36. The molecule has 2 rings (SSSR count). The average Bonchev–Trinajstić information content (AvgIpc) is 2.34. The summed E-state index contributed by atoms with van der Waals surface area (Å²) >= 11 is 0. The van der Waals surface area contributed by atoms with E-state index in [0.29, 0.717) is 12.3 Å². The van der Waals surface area contributed by atoms with Crippen LogP contribution in [0, 0.1) is 0 Å². The minimum Gasteiger partial charge on any atom is -0.468 e. The van der Waals surface area contributed by atoms with Crippen molar-refractivity contribution in [1.82, 2.24) is 0 Å². The van der Waals surface area contributed by atoms with Crippen molar-refractivity contribution in [2.24, 2.45) is 5.73 Å². The van der Waals surface area contributed by atoms with Gasteiger partial charge in [-0.25, -0.2) is 0 Å². The molecule has 86 valence electrons. The molecule has 1 aromatic rings. The van der Waals surface area contributed by atoms with Crippen molar-refractivity contribution >= 4 is 11.6 Å². The highest BCUT2D eigenvalue weighted by atomic mass is 16.7. The number of benzene rings is 1. The smallest absolute Gasteiger partial charge is 0.245 e. The van der Waals surface area contributed by atoms with Crippen LogP contribution in [-0.4, -0.2) is 32.4 Å². The van der Waals surface area contributed by atoms with Gasteiger partial charge in [0.1, 0.15) is 11.8 Å². The lowest BCUT2D eigenvalue weighted by molar-refractivity contribution is -0.123. The van der Waals surface area contributed by atoms with Gasteiger partial charge in [-0.15, -0.1) is 0 Å². The number of amides is 1. The molecule has 1 atom stereocenters. The van der Waals surface area contributed by atoms with Gasteiger partial charge in [-0.3, -0.25) is 4.79 Å². The number of hydrogen-bond donors (Lipinski definition) is 1. The van der Waals surface area contributed by atoms with Gasteiger partial charge in [0.05, 0.1) is 6.54 Å². The monoisotopic (exact) mass is 222 g/mol. The summed E-state index contributed by atoms with van der Waals surface area (Å²) < 4.78 is 10.0. The Kier molecular flexibility index (Phi) is 3.07. The quantitative estimate of drug-likeness (QED) is 0.589. The van der Waals surface area contributed by atoms with Crippen molar-refractivity contribution in [3.63, 3.8) is 0 Å². The van der Waals surface area contributed by atoms with Gasteiger partial charge < -0.3 is 20.1 Å². The van der Waals surface area contributed by atoms with Gasteiger partial charge in [0.15, 0.2) is 6.79 Å². The summed E-state index contributed by atoms with van der Waals surface area (Å²) in [6.45, 7) is 0.796. The Morgan fingerprint density at radius 3 is 2.62 bits per heavy atom. The van der Waals surface area contributed by atoms with Gasteiger partial charge in [-0.05, 0) is 24.3 Å². The lowest BCUT2D eigenvalue weighted by atomic mass is 10.1. The van der Waals surface area contributed by atoms with Crippen LogP contribution in [0.15, 0.2) is 24.3 Å². The molecule has 0 spiro atoms. The highest BCUT2D eigenvalue weighted by Crippen LogP contribution is 2.23. The molecule has 1 amide bonds. The predicted molar refractivity (Wildman–Crippen MR) is 59.3 cm³/mol. The fraction of sp³-hybridized carbons (Fsp3) is 0.364. The van der Waals surface area contributed by atoms with E-state index in [4.69, 9.17) is 15.2 Å². The maximum Gasteiger partial charge on any atom is 0.245 e. The van der Waals surface area contributed by atoms with E-state index < -0.39 is 0 Å². The predicted octanol–water partition coefficient (Wildman–Crippen LogP) is 0.343. The number of β-lactam (4-membered cyclic amide) rings is 1. The number of carbonyl (C=O) groups is 1. The maximum atomic E-state index is 11.4. The van der Waals surface area contributed by atoms with Gasteiger partial charge in [0.2, 0.25) is 5.91 Å². The molecule has 0 unspecified atom stereocenters. The highest BCUT2D eigenvalue weighted by molar-refractivity contribution is 6.03. The number of rotatable bonds is 4. The zero-order valence-corrected chi connectivity index (χ0v) is 9.05. The fourth-order valence-corrected chi connectivity index (χ4v) is 1.53. The van der Waals surface area contributed by atoms with Crippen molar-refractivity contribution in [3.05, 3.63) is 24.3 Å². The van der Waals surface area contributed by atoms with E-state index in [2.05, 4.69) is 0 Å². The molecular formula is C11H14N2O3. The summed E-state index contributed by atoms with van der Waals surface area (Å²) in [4.78, 5) is 13.0. The van der Waals surface area contributed by atoms with Crippen LogP contribution in [-0.2, 0) is 9.53 Å². The van der Waals surface area contributed by atoms with E-state index in [1.54, 1.807) is 24.1 Å². The molecule has 1 saturated heterocycles. The molecule has 1 heterocycles. The topological polar surface area (TPSA) is 64.8 Å². The molecule has 5 nitrogen and oxygen atoms in total. The third-order valence-corrected chi connectivity index (χ3v) is 2.45. The van der Waals surface area contributed by atoms with E-state index in [0.717, 1.165) is 5.69 Å². The first-order valence-corrected chi connectivity index (χ1v) is 5.01. The van der Waals surface area contributed by atoms with Gasteiger partial charge in [-0.2, -0.15) is 0 Å². The second kappa shape index (κ2) is 4.51. The molecule has 0 radical (unpaired) electrons. The molecule has 0 aromatic heterocycles. The standard InChI is InChI=1S/C11H14N2O3/c1-15-7-16-9-4-2-8(3-5-9)13-6-10(12)11(13)14/h2-5,10H,6-7,12H2,1H3/t10-/m0/s1. The van der Waals surface area contributed by atoms with Crippen molar-refractivity contribution in [3.8, 4) is 5.75 Å². The molecule has 1 aromatic carbocycles. The highest BCUT2D eigenvalue weighted by Gasteiger charge is 2.34. The molecule has 0 saturated carbocycles. The Bertz CT molecular complexity index is 377. The zero-order chi connectivity index (χ0) is 11.5. The molecule has 5 heteroatoms. The molecule has 16 heavy (non-hydrogen) atoms. The number of nitrogens with zero attached hydrogens (tertiary/aromatic N) is 1. The summed E-state index contributed by atoms with van der Waals surface area (Å²) in [5, 5.41) is 0. The van der Waals surface area contributed by atoms with Crippen molar-refractivity contribution in [2.45, 2.75) is 6.04 Å². The van der Waals surface area contributed by atoms with Crippen molar-refractivity contribution in [2.75, 3.05) is 25.3 Å². The number of anilines is 1. The number of nitrogens with two attached hydrogens (primary N) is 1. The summed E-state index contributed by atoms with van der Waals surface area (Å²) in [5.74, 6) is 0.674. The van der Waals surface area contributed by atoms with Crippen LogP contribution in [0.25, 0.3) is 0 Å². The van der Waals surface area contributed by atoms with Gasteiger partial charge >= 0.3 is 0 Å². The number of methoxy groups -OCH3 is 1. The van der Waals surface area contributed by atoms with Crippen molar-refractivity contribution in [1.29, 1.82) is 0 Å². The van der Waals surface area contributed by atoms with Crippen LogP contribution in [0.4, 0.5) is 5.69 Å². The lowest BCUT2D eigenvalue weighted by Crippen LogP contribution is -2.61. The minimum atomic E-state index is -0.343. The molecular weight excluding hydrogens is 208 g/mol. The summed E-state index contributed by atoms with van der Waals surface area (Å²) in [5.41, 5.74) is 6.36. The second-order valence-corrected chi connectivity index (χ2v) is 3.60. The Morgan fingerprint density at radius 1 is 1.44 bits per heavy atom. The zero-order valence-electron chi connectivity index (χ0n) is 9.05. The van der Waals surface area contributed by atoms with E-state index in [-0.39, 0.29) is 18.7 Å². The van der Waals surface area contributed by atoms with E-state index in [9.17, 15) is 4.79 Å². The normalized spacial score (nSPS) is 19.5. The first kappa shape index (κ1) is 10.9. The molecule has 2 N–H and O–H groups in total. The van der Waals surface area contributed by atoms with Gasteiger partial charge in [-0.1, -0.05) is 0 Å². The van der Waals surface area contributed by atoms with Gasteiger partial charge in [0, 0.05) is 12.8 Å². The number of hydrogen-bond acceptors (Lipinski definition) is 4. The number of carbonyl (C=O) groups excluding carboxylic acids is 1. The molecule has 1 fully saturated rings. The minimum absolute atomic E-state index is 0.0365. The van der Waals surface area contributed by atoms with E-state index in [1.807, 2.05) is 12.1 Å². The third kappa shape index (κ3) is 2.00. The van der Waals surface area contributed by atoms with Crippen LogP contribution in [0.1, 0.15) is 0 Å². The van der Waals surface area contributed by atoms with Crippen LogP contribution < -0.4 is 15.4 Å². The maximum absolute atomic E-state index is 11.4. The largest absolute Gasteiger partial charge is 0.468 e. The van der Waals surface area contributed by atoms with E-state index in [1.165, 1.54) is 0 Å². The fourth-order valence-electron chi connectivity index (χ4n) is 1.53. The molecule has 0 aliphatic carbocycles. The first-order valence-electron chi connectivity index (χ1n) is 5.01. The Labute approximate surface area is 93.7 Å². The SMILES string of the molecule is COCOc1ccc(N2C[C@H](N)C2=O)cc1. The van der Waals surface area contributed by atoms with Crippen LogP contribution in [0.2, 0.25) is 0 Å². The van der Waals surface area contributed by atoms with Crippen LogP contribution in [0.5, 0.6) is 5.75 Å². The Morgan fingerprint density at radius 2 is 2.12 bits per heavy atom.